The zero-order chi connectivity index (χ0) is 28.2. The van der Waals surface area contributed by atoms with E-state index in [0.29, 0.717) is 30.9 Å². The molecule has 8 nitrogen and oxygen atoms in total. The SMILES string of the molecule is C=CCCCCOC(=O)[C@H]1[C@H]2C(=O)N(CCCO)C(C(=O)N(CC=C)c3ccc(OC)cc3)C23CC(Br)[C@@H]1S3. The van der Waals surface area contributed by atoms with Gasteiger partial charge in [-0.1, -0.05) is 28.1 Å². The molecule has 1 N–H and O–H groups in total. The largest absolute Gasteiger partial charge is 0.497 e. The van der Waals surface area contributed by atoms with Crippen molar-refractivity contribution < 1.29 is 29.0 Å². The number of halogens is 1. The van der Waals surface area contributed by atoms with Gasteiger partial charge in [-0.15, -0.1) is 24.9 Å². The molecule has 0 saturated carbocycles. The predicted molar refractivity (Wildman–Crippen MR) is 156 cm³/mol. The molecule has 3 unspecified atom stereocenters. The lowest BCUT2D eigenvalue weighted by Crippen LogP contribution is -2.55. The Morgan fingerprint density at radius 3 is 2.62 bits per heavy atom. The van der Waals surface area contributed by atoms with Gasteiger partial charge in [-0.05, 0) is 56.4 Å². The van der Waals surface area contributed by atoms with Crippen LogP contribution in [0.2, 0.25) is 0 Å². The Kier molecular flexibility index (Phi) is 9.82. The number of likely N-dealkylation sites (tertiary alicyclic amines) is 1. The van der Waals surface area contributed by atoms with Crippen LogP contribution >= 0.6 is 27.7 Å². The molecule has 1 spiro atoms. The van der Waals surface area contributed by atoms with Crippen molar-refractivity contribution in [3.8, 4) is 5.75 Å². The van der Waals surface area contributed by atoms with Crippen molar-refractivity contribution in [2.24, 2.45) is 11.8 Å². The maximum Gasteiger partial charge on any atom is 0.310 e. The smallest absolute Gasteiger partial charge is 0.310 e. The molecule has 0 radical (unpaired) electrons. The van der Waals surface area contributed by atoms with Gasteiger partial charge in [0.15, 0.2) is 0 Å². The number of alkyl halides is 1. The van der Waals surface area contributed by atoms with Gasteiger partial charge in [-0.25, -0.2) is 0 Å². The highest BCUT2D eigenvalue weighted by Gasteiger charge is 2.76. The molecule has 39 heavy (non-hydrogen) atoms. The first-order valence-corrected chi connectivity index (χ1v) is 15.2. The van der Waals surface area contributed by atoms with Gasteiger partial charge < -0.3 is 24.4 Å². The number of allylic oxidation sites excluding steroid dienone is 1. The van der Waals surface area contributed by atoms with Gasteiger partial charge in [0.25, 0.3) is 5.91 Å². The number of anilines is 1. The number of unbranched alkanes of at least 4 members (excludes halogenated alkanes) is 2. The minimum Gasteiger partial charge on any atom is -0.497 e. The van der Waals surface area contributed by atoms with Gasteiger partial charge in [0.1, 0.15) is 11.8 Å². The van der Waals surface area contributed by atoms with Crippen molar-refractivity contribution in [2.75, 3.05) is 38.3 Å². The van der Waals surface area contributed by atoms with Crippen molar-refractivity contribution in [3.05, 3.63) is 49.6 Å². The number of thioether (sulfide) groups is 1. The molecule has 3 fully saturated rings. The number of aliphatic hydroxyl groups is 1. The maximum absolute atomic E-state index is 14.4. The van der Waals surface area contributed by atoms with E-state index in [1.807, 2.05) is 18.2 Å². The van der Waals surface area contributed by atoms with Crippen molar-refractivity contribution in [1.82, 2.24) is 4.90 Å². The lowest BCUT2D eigenvalue weighted by Gasteiger charge is -2.37. The van der Waals surface area contributed by atoms with E-state index in [2.05, 4.69) is 29.1 Å². The van der Waals surface area contributed by atoms with Crippen molar-refractivity contribution in [2.45, 2.75) is 53.0 Å². The number of fused-ring (bicyclic) bond motifs is 1. The first kappa shape index (κ1) is 29.7. The molecule has 3 saturated heterocycles. The molecule has 212 valence electrons. The van der Waals surface area contributed by atoms with Crippen LogP contribution in [0.25, 0.3) is 0 Å². The minimum atomic E-state index is -0.788. The fraction of sp³-hybridized carbons (Fsp3) is 0.552. The van der Waals surface area contributed by atoms with Crippen molar-refractivity contribution in [3.63, 3.8) is 0 Å². The summed E-state index contributed by atoms with van der Waals surface area (Å²) in [5.41, 5.74) is 0.665. The number of esters is 1. The lowest BCUT2D eigenvalue weighted by molar-refractivity contribution is -0.154. The van der Waals surface area contributed by atoms with E-state index in [0.717, 1.165) is 19.3 Å². The average Bonchev–Trinajstić information content (AvgIpc) is 3.53. The number of hydrogen-bond donors (Lipinski definition) is 1. The predicted octanol–water partition coefficient (Wildman–Crippen LogP) is 3.96. The van der Waals surface area contributed by atoms with Crippen LogP contribution in [0.1, 0.15) is 32.1 Å². The van der Waals surface area contributed by atoms with E-state index >= 15 is 0 Å². The number of carbonyl (C=O) groups excluding carboxylic acids is 3. The van der Waals surface area contributed by atoms with Crippen LogP contribution in [0.4, 0.5) is 5.69 Å². The third kappa shape index (κ3) is 5.52. The first-order chi connectivity index (χ1) is 18.8. The first-order valence-electron chi connectivity index (χ1n) is 13.4. The number of aliphatic hydroxyl groups excluding tert-OH is 1. The van der Waals surface area contributed by atoms with E-state index in [9.17, 15) is 19.5 Å². The van der Waals surface area contributed by atoms with Crippen LogP contribution in [0, 0.1) is 11.8 Å². The zero-order valence-electron chi connectivity index (χ0n) is 22.3. The van der Waals surface area contributed by atoms with Crippen LogP contribution in [0.3, 0.4) is 0 Å². The summed E-state index contributed by atoms with van der Waals surface area (Å²) in [6.45, 7) is 8.24. The number of methoxy groups -OCH3 is 1. The Labute approximate surface area is 242 Å². The molecule has 3 aliphatic heterocycles. The van der Waals surface area contributed by atoms with Crippen molar-refractivity contribution in [1.29, 1.82) is 0 Å². The highest BCUT2D eigenvalue weighted by molar-refractivity contribution is 9.09. The maximum atomic E-state index is 14.4. The molecule has 3 heterocycles. The van der Waals surface area contributed by atoms with Gasteiger partial charge in [0.2, 0.25) is 5.91 Å². The molecule has 1 aromatic carbocycles. The van der Waals surface area contributed by atoms with Crippen LogP contribution in [0.5, 0.6) is 5.75 Å². The number of rotatable bonds is 14. The standard InChI is InChI=1S/C29H37BrN2O6S/c1-4-6-7-8-17-38-28(36)22-23-26(34)32(15-9-16-33)25(29(23)18-21(30)24(22)39-29)27(35)31(14-5-2)19-10-12-20(37-3)13-11-19/h4-5,10-13,21-25,33H,1-2,6-9,14-18H2,3H3/t21?,22-,23-,24-,25?,29?/m0/s1. The molecule has 1 aromatic rings. The normalized spacial score (nSPS) is 28.7. The third-order valence-electron chi connectivity index (χ3n) is 7.86. The quantitative estimate of drug-likeness (QED) is 0.146. The van der Waals surface area contributed by atoms with Crippen LogP contribution in [-0.4, -0.2) is 82.1 Å². The fourth-order valence-corrected chi connectivity index (χ4v) is 9.78. The Bertz CT molecular complexity index is 1080. The molecule has 0 aliphatic carbocycles. The van der Waals surface area contributed by atoms with Crippen LogP contribution < -0.4 is 9.64 Å². The fourth-order valence-electron chi connectivity index (χ4n) is 6.18. The Hall–Kier alpha value is -2.30. The van der Waals surface area contributed by atoms with Crippen LogP contribution in [-0.2, 0) is 19.1 Å². The summed E-state index contributed by atoms with van der Waals surface area (Å²) in [5, 5.41) is 9.42. The number of amides is 2. The molecular weight excluding hydrogens is 584 g/mol. The summed E-state index contributed by atoms with van der Waals surface area (Å²) < 4.78 is 10.2. The average molecular weight is 622 g/mol. The van der Waals surface area contributed by atoms with E-state index in [-0.39, 0.29) is 47.6 Å². The van der Waals surface area contributed by atoms with Crippen LogP contribution in [0.15, 0.2) is 49.6 Å². The Morgan fingerprint density at radius 1 is 1.23 bits per heavy atom. The zero-order valence-corrected chi connectivity index (χ0v) is 24.7. The third-order valence-corrected chi connectivity index (χ3v) is 11.1. The number of nitrogens with zero attached hydrogens (tertiary/aromatic N) is 2. The summed E-state index contributed by atoms with van der Waals surface area (Å²) in [6.07, 6.45) is 6.88. The van der Waals surface area contributed by atoms with Crippen molar-refractivity contribution >= 4 is 51.2 Å². The second-order valence-electron chi connectivity index (χ2n) is 10.2. The highest BCUT2D eigenvalue weighted by atomic mass is 79.9. The lowest BCUT2D eigenvalue weighted by atomic mass is 9.71. The summed E-state index contributed by atoms with van der Waals surface area (Å²) in [6, 6.07) is 6.40. The molecular formula is C29H37BrN2O6S. The molecule has 2 amide bonds. The number of benzene rings is 1. The van der Waals surface area contributed by atoms with Gasteiger partial charge in [0, 0.05) is 35.5 Å². The van der Waals surface area contributed by atoms with E-state index in [4.69, 9.17) is 9.47 Å². The summed E-state index contributed by atoms with van der Waals surface area (Å²) in [4.78, 5) is 45.1. The Balaban J connectivity index is 1.67. The van der Waals surface area contributed by atoms with Gasteiger partial charge in [0.05, 0.1) is 30.3 Å². The second-order valence-corrected chi connectivity index (χ2v) is 12.9. The highest BCUT2D eigenvalue weighted by Crippen LogP contribution is 2.68. The van der Waals surface area contributed by atoms with E-state index in [1.165, 1.54) is 0 Å². The van der Waals surface area contributed by atoms with E-state index < -0.39 is 22.6 Å². The number of ether oxygens (including phenoxy) is 2. The van der Waals surface area contributed by atoms with Gasteiger partial charge >= 0.3 is 5.97 Å². The summed E-state index contributed by atoms with van der Waals surface area (Å²) >= 11 is 5.35. The summed E-state index contributed by atoms with van der Waals surface area (Å²) in [5.74, 6) is -1.43. The number of hydrogen-bond acceptors (Lipinski definition) is 7. The minimum absolute atomic E-state index is 0.0354. The summed E-state index contributed by atoms with van der Waals surface area (Å²) in [7, 11) is 1.58. The van der Waals surface area contributed by atoms with E-state index in [1.54, 1.807) is 46.9 Å². The topological polar surface area (TPSA) is 96.4 Å². The van der Waals surface area contributed by atoms with Gasteiger partial charge in [-0.3, -0.25) is 14.4 Å². The van der Waals surface area contributed by atoms with Gasteiger partial charge in [-0.2, -0.15) is 0 Å². The Morgan fingerprint density at radius 2 is 1.97 bits per heavy atom. The molecule has 3 aliphatic rings. The molecule has 0 aromatic heterocycles. The molecule has 4 rings (SSSR count). The molecule has 2 bridgehead atoms. The monoisotopic (exact) mass is 620 g/mol. The molecule has 6 atom stereocenters. The number of carbonyl (C=O) groups is 3. The molecule has 10 heteroatoms. The second kappa shape index (κ2) is 12.9.